The minimum absolute atomic E-state index is 0.114. The first-order valence-corrected chi connectivity index (χ1v) is 11.6. The fourth-order valence-electron chi connectivity index (χ4n) is 4.82. The third kappa shape index (κ3) is 4.36. The number of rotatable bonds is 5. The molecule has 172 valence electrons. The molecule has 1 aliphatic carbocycles. The third-order valence-electron chi connectivity index (χ3n) is 6.42. The molecule has 0 saturated carbocycles. The fraction of sp³-hybridized carbons (Fsp3) is 0.233. The van der Waals surface area contributed by atoms with Crippen molar-refractivity contribution in [3.8, 4) is 5.75 Å². The first kappa shape index (κ1) is 22.0. The number of carbonyl (C=O) groups is 1. The minimum Gasteiger partial charge on any atom is -0.497 e. The summed E-state index contributed by atoms with van der Waals surface area (Å²) in [5.74, 6) is 1.61. The van der Waals surface area contributed by atoms with E-state index in [0.29, 0.717) is 12.0 Å². The molecule has 0 saturated heterocycles. The van der Waals surface area contributed by atoms with Crippen LogP contribution in [0.5, 0.6) is 5.75 Å². The van der Waals surface area contributed by atoms with E-state index in [9.17, 15) is 4.79 Å². The van der Waals surface area contributed by atoms with E-state index in [4.69, 9.17) is 9.47 Å². The van der Waals surface area contributed by atoms with E-state index in [1.807, 2.05) is 84.9 Å². The van der Waals surface area contributed by atoms with Crippen LogP contribution in [0, 0.1) is 5.41 Å². The summed E-state index contributed by atoms with van der Waals surface area (Å²) in [7, 11) is 1.65. The molecule has 0 fully saturated rings. The Bertz CT molecular complexity index is 1270. The molecule has 4 heteroatoms. The number of carbonyl (C=O) groups excluding carboxylic acids is 1. The number of ether oxygens (including phenoxy) is 2. The lowest BCUT2D eigenvalue weighted by molar-refractivity contribution is -0.119. The van der Waals surface area contributed by atoms with Gasteiger partial charge in [0.05, 0.1) is 12.7 Å². The number of methoxy groups -OCH3 is 1. The lowest BCUT2D eigenvalue weighted by atomic mass is 9.73. The van der Waals surface area contributed by atoms with Crippen LogP contribution in [-0.2, 0) is 9.53 Å². The molecule has 1 aliphatic heterocycles. The number of Topliss-reactive ketones (excluding diaryl/α,β-unsaturated/α-hetero) is 1. The van der Waals surface area contributed by atoms with E-state index >= 15 is 0 Å². The summed E-state index contributed by atoms with van der Waals surface area (Å²) in [5, 5.41) is 3.56. The topological polar surface area (TPSA) is 47.6 Å². The molecule has 5 rings (SSSR count). The van der Waals surface area contributed by atoms with Crippen molar-refractivity contribution in [3.63, 3.8) is 0 Å². The van der Waals surface area contributed by atoms with Crippen molar-refractivity contribution in [2.75, 3.05) is 12.4 Å². The Balaban J connectivity index is 1.67. The van der Waals surface area contributed by atoms with Gasteiger partial charge in [-0.05, 0) is 47.7 Å². The molecule has 0 aromatic heterocycles. The number of allylic oxidation sites excluding steroid dienone is 1. The molecule has 0 spiro atoms. The maximum atomic E-state index is 13.7. The van der Waals surface area contributed by atoms with Gasteiger partial charge in [0, 0.05) is 28.9 Å². The molecule has 1 heterocycles. The number of nitrogens with one attached hydrogen (secondary N) is 1. The average molecular weight is 452 g/mol. The second-order valence-electron chi connectivity index (χ2n) is 9.69. The zero-order valence-corrected chi connectivity index (χ0v) is 19.8. The highest BCUT2D eigenvalue weighted by molar-refractivity contribution is 6.00. The first-order chi connectivity index (χ1) is 16.4. The Morgan fingerprint density at radius 2 is 1.65 bits per heavy atom. The average Bonchev–Trinajstić information content (AvgIpc) is 2.83. The van der Waals surface area contributed by atoms with Crippen LogP contribution in [-0.4, -0.2) is 12.9 Å². The summed E-state index contributed by atoms with van der Waals surface area (Å²) in [6.07, 6.45) is 2.75. The van der Waals surface area contributed by atoms with Crippen molar-refractivity contribution in [2.24, 2.45) is 5.41 Å². The van der Waals surface area contributed by atoms with Gasteiger partial charge in [-0.25, -0.2) is 0 Å². The maximum Gasteiger partial charge on any atom is 0.165 e. The summed E-state index contributed by atoms with van der Waals surface area (Å²) in [6, 6.07) is 26.0. The molecule has 1 N–H and O–H groups in total. The Kier molecular flexibility index (Phi) is 5.74. The summed E-state index contributed by atoms with van der Waals surface area (Å²) < 4.78 is 12.1. The molecular formula is C30H29NO3. The van der Waals surface area contributed by atoms with Crippen molar-refractivity contribution in [2.45, 2.75) is 32.8 Å². The predicted molar refractivity (Wildman–Crippen MR) is 136 cm³/mol. The third-order valence-corrected chi connectivity index (χ3v) is 6.42. The zero-order valence-electron chi connectivity index (χ0n) is 19.8. The number of hydrogen-bond donors (Lipinski definition) is 1. The lowest BCUT2D eigenvalue weighted by Gasteiger charge is -2.37. The summed E-state index contributed by atoms with van der Waals surface area (Å²) in [6.45, 7) is 4.28. The van der Waals surface area contributed by atoms with Gasteiger partial charge < -0.3 is 14.8 Å². The molecule has 1 unspecified atom stereocenters. The minimum atomic E-state index is -0.528. The van der Waals surface area contributed by atoms with Gasteiger partial charge in [0.25, 0.3) is 0 Å². The molecule has 2 aliphatic rings. The second kappa shape index (κ2) is 8.86. The second-order valence-corrected chi connectivity index (χ2v) is 9.69. The van der Waals surface area contributed by atoms with Gasteiger partial charge in [-0.1, -0.05) is 68.4 Å². The van der Waals surface area contributed by atoms with Crippen LogP contribution in [0.15, 0.2) is 90.1 Å². The van der Waals surface area contributed by atoms with Crippen LogP contribution in [0.2, 0.25) is 0 Å². The van der Waals surface area contributed by atoms with E-state index in [0.717, 1.165) is 46.0 Å². The van der Waals surface area contributed by atoms with E-state index < -0.39 is 6.10 Å². The molecule has 3 aromatic carbocycles. The van der Waals surface area contributed by atoms with Crippen LogP contribution >= 0.6 is 0 Å². The van der Waals surface area contributed by atoms with Crippen molar-refractivity contribution in [3.05, 3.63) is 107 Å². The van der Waals surface area contributed by atoms with E-state index in [1.165, 1.54) is 0 Å². The fourth-order valence-corrected chi connectivity index (χ4v) is 4.82. The molecule has 4 nitrogen and oxygen atoms in total. The number of ketones is 1. The first-order valence-electron chi connectivity index (χ1n) is 11.6. The Labute approximate surface area is 200 Å². The molecule has 0 amide bonds. The van der Waals surface area contributed by atoms with Gasteiger partial charge in [0.15, 0.2) is 11.9 Å². The quantitative estimate of drug-likeness (QED) is 0.453. The van der Waals surface area contributed by atoms with Gasteiger partial charge in [-0.3, -0.25) is 4.79 Å². The lowest BCUT2D eigenvalue weighted by Crippen LogP contribution is -2.32. The maximum absolute atomic E-state index is 13.7. The highest BCUT2D eigenvalue weighted by Gasteiger charge is 2.40. The Morgan fingerprint density at radius 1 is 0.941 bits per heavy atom. The number of anilines is 1. The van der Waals surface area contributed by atoms with Gasteiger partial charge in [-0.15, -0.1) is 0 Å². The number of para-hydroxylation sites is 1. The molecule has 34 heavy (non-hydrogen) atoms. The van der Waals surface area contributed by atoms with Gasteiger partial charge >= 0.3 is 0 Å². The largest absolute Gasteiger partial charge is 0.497 e. The van der Waals surface area contributed by atoms with Crippen molar-refractivity contribution in [1.29, 1.82) is 0 Å². The van der Waals surface area contributed by atoms with E-state index in [1.54, 1.807) is 7.11 Å². The van der Waals surface area contributed by atoms with Crippen LogP contribution in [0.1, 0.15) is 49.5 Å². The normalized spacial score (nSPS) is 19.1. The molecule has 0 bridgehead atoms. The summed E-state index contributed by atoms with van der Waals surface area (Å²) >= 11 is 0. The molecule has 1 atom stereocenters. The molecule has 0 radical (unpaired) electrons. The zero-order chi connectivity index (χ0) is 23.7. The van der Waals surface area contributed by atoms with Gasteiger partial charge in [0.1, 0.15) is 11.5 Å². The predicted octanol–water partition coefficient (Wildman–Crippen LogP) is 7.02. The van der Waals surface area contributed by atoms with Crippen LogP contribution in [0.3, 0.4) is 0 Å². The van der Waals surface area contributed by atoms with Crippen LogP contribution < -0.4 is 10.1 Å². The monoisotopic (exact) mass is 451 g/mol. The molecule has 3 aromatic rings. The Morgan fingerprint density at radius 3 is 2.35 bits per heavy atom. The number of hydrogen-bond acceptors (Lipinski definition) is 4. The van der Waals surface area contributed by atoms with Crippen LogP contribution in [0.4, 0.5) is 5.69 Å². The number of benzene rings is 3. The van der Waals surface area contributed by atoms with Crippen molar-refractivity contribution < 1.29 is 14.3 Å². The van der Waals surface area contributed by atoms with E-state index in [-0.39, 0.29) is 11.2 Å². The van der Waals surface area contributed by atoms with Crippen molar-refractivity contribution >= 4 is 23.3 Å². The molecular weight excluding hydrogens is 422 g/mol. The van der Waals surface area contributed by atoms with Gasteiger partial charge in [0.2, 0.25) is 0 Å². The van der Waals surface area contributed by atoms with Gasteiger partial charge in [-0.2, -0.15) is 0 Å². The summed E-state index contributed by atoms with van der Waals surface area (Å²) in [5.41, 5.74) is 5.38. The smallest absolute Gasteiger partial charge is 0.165 e. The Hall–Kier alpha value is -3.79. The highest BCUT2D eigenvalue weighted by atomic mass is 16.5. The van der Waals surface area contributed by atoms with Crippen molar-refractivity contribution in [1.82, 2.24) is 0 Å². The summed E-state index contributed by atoms with van der Waals surface area (Å²) in [4.78, 5) is 13.7. The standard InChI is InChI=1S/C30H29NO3/c1-30(2)18-25(31-22-12-8-5-9-13-22)28(26(32)19-30)29-24-17-23(33-3)15-14-21(24)16-27(34-29)20-10-6-4-7-11-20/h4-17,29,31H,18-19H2,1-3H3. The van der Waals surface area contributed by atoms with E-state index in [2.05, 4.69) is 19.2 Å². The SMILES string of the molecule is COc1ccc2c(c1)C(C1=C(Nc3ccccc3)CC(C)(C)CC1=O)OC(c1ccccc1)=C2. The highest BCUT2D eigenvalue weighted by Crippen LogP contribution is 2.47. The van der Waals surface area contributed by atoms with Crippen LogP contribution in [0.25, 0.3) is 11.8 Å². The number of fused-ring (bicyclic) bond motifs is 1.